The molecule has 0 bridgehead atoms. The molecule has 4 aromatic rings. The molecule has 46 heavy (non-hydrogen) atoms. The van der Waals surface area contributed by atoms with Gasteiger partial charge in [-0.2, -0.15) is 13.2 Å². The molecule has 0 unspecified atom stereocenters. The zero-order chi connectivity index (χ0) is 33.6. The second-order valence-corrected chi connectivity index (χ2v) is 11.7. The Hall–Kier alpha value is -4.64. The number of alkyl halides is 3. The number of carbonyl (C=O) groups is 4. The number of esters is 2. The topological polar surface area (TPSA) is 155 Å². The first-order valence-electron chi connectivity index (χ1n) is 13.7. The maximum absolute atomic E-state index is 13.6. The van der Waals surface area contributed by atoms with E-state index in [2.05, 4.69) is 20.8 Å². The van der Waals surface area contributed by atoms with Gasteiger partial charge in [0.1, 0.15) is 9.88 Å². The Bertz CT molecular complexity index is 1730. The molecule has 2 N–H and O–H groups in total. The summed E-state index contributed by atoms with van der Waals surface area (Å²) in [5, 5.41) is 12.6. The van der Waals surface area contributed by atoms with Crippen molar-refractivity contribution in [2.75, 3.05) is 18.5 Å². The lowest BCUT2D eigenvalue weighted by atomic mass is 10.1. The second-order valence-electron chi connectivity index (χ2n) is 9.39. The normalized spacial score (nSPS) is 12.0. The largest absolute Gasteiger partial charge is 0.462 e. The number of benzene rings is 1. The quantitative estimate of drug-likeness (QED) is 0.142. The first-order chi connectivity index (χ1) is 21.8. The van der Waals surface area contributed by atoms with Crippen molar-refractivity contribution >= 4 is 51.9 Å². The Labute approximate surface area is 268 Å². The molecule has 17 heteroatoms. The predicted molar refractivity (Wildman–Crippen MR) is 161 cm³/mol. The van der Waals surface area contributed by atoms with Crippen LogP contribution in [-0.2, 0) is 27.0 Å². The number of ether oxygens (including phenoxy) is 2. The van der Waals surface area contributed by atoms with Crippen molar-refractivity contribution in [3.63, 3.8) is 0 Å². The smallest absolute Gasteiger partial charge is 0.416 e. The van der Waals surface area contributed by atoms with Crippen LogP contribution >= 0.6 is 23.1 Å². The molecule has 0 spiro atoms. The van der Waals surface area contributed by atoms with E-state index in [4.69, 9.17) is 13.9 Å². The number of rotatable bonds is 12. The molecule has 2 amide bonds. The molecule has 4 rings (SSSR count). The Morgan fingerprint density at radius 3 is 2.43 bits per heavy atom. The number of hydrogen-bond donors (Lipinski definition) is 2. The molecular formula is C29H28F3N5O7S2. The first kappa shape index (κ1) is 34.2. The van der Waals surface area contributed by atoms with Crippen LogP contribution in [0.1, 0.15) is 68.3 Å². The van der Waals surface area contributed by atoms with Crippen molar-refractivity contribution in [3.05, 3.63) is 75.8 Å². The highest BCUT2D eigenvalue weighted by molar-refractivity contribution is 8.00. The van der Waals surface area contributed by atoms with Gasteiger partial charge in [0.15, 0.2) is 16.7 Å². The number of furan rings is 1. The van der Waals surface area contributed by atoms with Gasteiger partial charge in [0.25, 0.3) is 5.91 Å². The summed E-state index contributed by atoms with van der Waals surface area (Å²) in [7, 11) is 0. The number of amides is 2. The van der Waals surface area contributed by atoms with E-state index >= 15 is 0 Å². The summed E-state index contributed by atoms with van der Waals surface area (Å²) >= 11 is 1.72. The van der Waals surface area contributed by atoms with Crippen LogP contribution in [0.5, 0.6) is 0 Å². The van der Waals surface area contributed by atoms with Crippen LogP contribution in [0.2, 0.25) is 0 Å². The van der Waals surface area contributed by atoms with E-state index in [-0.39, 0.29) is 63.2 Å². The highest BCUT2D eigenvalue weighted by Crippen LogP contribution is 2.36. The molecule has 0 aliphatic carbocycles. The van der Waals surface area contributed by atoms with Crippen LogP contribution in [0.4, 0.5) is 18.2 Å². The van der Waals surface area contributed by atoms with Crippen LogP contribution in [-0.4, -0.2) is 57.0 Å². The molecule has 3 aromatic heterocycles. The third kappa shape index (κ3) is 7.77. The molecule has 0 saturated heterocycles. The van der Waals surface area contributed by atoms with Crippen LogP contribution in [0.25, 0.3) is 5.69 Å². The van der Waals surface area contributed by atoms with Crippen LogP contribution in [0, 0.1) is 6.92 Å². The number of aromatic nitrogens is 3. The minimum atomic E-state index is -4.64. The van der Waals surface area contributed by atoms with Crippen LogP contribution in [0.15, 0.2) is 52.2 Å². The fourth-order valence-electron chi connectivity index (χ4n) is 4.09. The summed E-state index contributed by atoms with van der Waals surface area (Å²) in [6.45, 7) is 6.20. The summed E-state index contributed by atoms with van der Waals surface area (Å²) in [5.41, 5.74) is -0.608. The van der Waals surface area contributed by atoms with Gasteiger partial charge in [0.05, 0.1) is 48.1 Å². The standard InChI is InChI=1S/C29H28F3N5O7S2/c1-5-42-26(40)21-15(3)22(27(41)43-6-2)46-25(21)34-23(38)16(4)45-28-36-35-20(14-33-24(39)19-11-8-12-44-19)37(28)18-10-7-9-17(13-18)29(30,31)32/h7-13,16H,5-6,14H2,1-4H3,(H,33,39)(H,34,38)/t16-/m0/s1. The van der Waals surface area contributed by atoms with Crippen molar-refractivity contribution in [2.24, 2.45) is 0 Å². The van der Waals surface area contributed by atoms with Crippen LogP contribution < -0.4 is 10.6 Å². The van der Waals surface area contributed by atoms with Gasteiger partial charge >= 0.3 is 18.1 Å². The summed E-state index contributed by atoms with van der Waals surface area (Å²) in [6.07, 6.45) is -3.33. The molecule has 0 saturated carbocycles. The highest BCUT2D eigenvalue weighted by atomic mass is 32.2. The van der Waals surface area contributed by atoms with Gasteiger partial charge in [-0.25, -0.2) is 9.59 Å². The van der Waals surface area contributed by atoms with Gasteiger partial charge in [-0.15, -0.1) is 21.5 Å². The molecule has 1 atom stereocenters. The minimum Gasteiger partial charge on any atom is -0.462 e. The highest BCUT2D eigenvalue weighted by Gasteiger charge is 2.32. The summed E-state index contributed by atoms with van der Waals surface area (Å²) in [6, 6.07) is 7.38. The summed E-state index contributed by atoms with van der Waals surface area (Å²) in [4.78, 5) is 51.2. The fourth-order valence-corrected chi connectivity index (χ4v) is 6.07. The Morgan fingerprint density at radius 1 is 1.07 bits per heavy atom. The number of nitrogens with zero attached hydrogens (tertiary/aromatic N) is 3. The van der Waals surface area contributed by atoms with Crippen molar-refractivity contribution < 1.29 is 46.2 Å². The lowest BCUT2D eigenvalue weighted by molar-refractivity contribution is -0.137. The van der Waals surface area contributed by atoms with Gasteiger partial charge < -0.3 is 24.5 Å². The Morgan fingerprint density at radius 2 is 1.78 bits per heavy atom. The fraction of sp³-hybridized carbons (Fsp3) is 0.310. The van der Waals surface area contributed by atoms with E-state index in [0.29, 0.717) is 0 Å². The van der Waals surface area contributed by atoms with Crippen molar-refractivity contribution in [1.82, 2.24) is 20.1 Å². The number of anilines is 1. The lowest BCUT2D eigenvalue weighted by Gasteiger charge is -2.15. The number of halogens is 3. The molecule has 0 aliphatic heterocycles. The van der Waals surface area contributed by atoms with Crippen molar-refractivity contribution in [3.8, 4) is 5.69 Å². The number of nitrogens with one attached hydrogen (secondary N) is 2. The van der Waals surface area contributed by atoms with E-state index in [1.54, 1.807) is 13.8 Å². The SMILES string of the molecule is CCOC(=O)c1sc(NC(=O)[C@H](C)Sc2nnc(CNC(=O)c3ccco3)n2-c2cccc(C(F)(F)F)c2)c(C(=O)OCC)c1C. The molecular weight excluding hydrogens is 651 g/mol. The average molecular weight is 680 g/mol. The molecule has 0 radical (unpaired) electrons. The predicted octanol–water partition coefficient (Wildman–Crippen LogP) is 5.65. The molecule has 12 nitrogen and oxygen atoms in total. The van der Waals surface area contributed by atoms with E-state index in [9.17, 15) is 32.3 Å². The molecule has 0 fully saturated rings. The van der Waals surface area contributed by atoms with Gasteiger partial charge in [0.2, 0.25) is 5.91 Å². The van der Waals surface area contributed by atoms with E-state index < -0.39 is 40.7 Å². The third-order valence-corrected chi connectivity index (χ3v) is 8.49. The lowest BCUT2D eigenvalue weighted by Crippen LogP contribution is -2.25. The monoisotopic (exact) mass is 679 g/mol. The zero-order valence-electron chi connectivity index (χ0n) is 24.9. The van der Waals surface area contributed by atoms with E-state index in [0.717, 1.165) is 35.2 Å². The molecule has 1 aromatic carbocycles. The average Bonchev–Trinajstić information content (AvgIpc) is 3.75. The minimum absolute atomic E-state index is 0.00201. The van der Waals surface area contributed by atoms with Gasteiger partial charge in [-0.1, -0.05) is 17.8 Å². The van der Waals surface area contributed by atoms with Crippen LogP contribution in [0.3, 0.4) is 0 Å². The molecule has 244 valence electrons. The zero-order valence-corrected chi connectivity index (χ0v) is 26.5. The number of thioether (sulfide) groups is 1. The number of hydrogen-bond acceptors (Lipinski definition) is 11. The summed E-state index contributed by atoms with van der Waals surface area (Å²) < 4.78 is 57.3. The van der Waals surface area contributed by atoms with E-state index in [1.165, 1.54) is 48.9 Å². The third-order valence-electron chi connectivity index (χ3n) is 6.26. The number of thiophene rings is 1. The maximum atomic E-state index is 13.6. The first-order valence-corrected chi connectivity index (χ1v) is 15.4. The van der Waals surface area contributed by atoms with Gasteiger partial charge in [-0.05, 0) is 63.6 Å². The molecule has 0 aliphatic rings. The summed E-state index contributed by atoms with van der Waals surface area (Å²) in [5.74, 6) is -2.52. The van der Waals surface area contributed by atoms with Crippen molar-refractivity contribution in [1.29, 1.82) is 0 Å². The maximum Gasteiger partial charge on any atom is 0.416 e. The number of carbonyl (C=O) groups excluding carboxylic acids is 4. The molecule has 3 heterocycles. The van der Waals surface area contributed by atoms with E-state index in [1.807, 2.05) is 0 Å². The van der Waals surface area contributed by atoms with Gasteiger partial charge in [-0.3, -0.25) is 14.2 Å². The Balaban J connectivity index is 1.64. The van der Waals surface area contributed by atoms with Gasteiger partial charge in [0, 0.05) is 0 Å². The van der Waals surface area contributed by atoms with Crippen molar-refractivity contribution in [2.45, 2.75) is 50.8 Å². The second kappa shape index (κ2) is 14.6. The Kier molecular flexibility index (Phi) is 10.9.